The third-order valence-corrected chi connectivity index (χ3v) is 1.86. The molecule has 0 saturated heterocycles. The van der Waals surface area contributed by atoms with E-state index in [1.807, 2.05) is 0 Å². The normalized spacial score (nSPS) is 11.9. The first-order valence-electron chi connectivity index (χ1n) is 4.59. The molecule has 0 aromatic carbocycles. The number of carboxylic acids is 2. The summed E-state index contributed by atoms with van der Waals surface area (Å²) in [5, 5.41) is 17.2. The van der Waals surface area contributed by atoms with E-state index in [4.69, 9.17) is 10.2 Å². The van der Waals surface area contributed by atoms with E-state index in [9.17, 15) is 14.4 Å². The van der Waals surface area contributed by atoms with Crippen LogP contribution in [0.1, 0.15) is 6.92 Å². The van der Waals surface area contributed by atoms with Gasteiger partial charge in [-0.15, -0.1) is 0 Å². The predicted octanol–water partition coefficient (Wildman–Crippen LogP) is -0.733. The molecule has 0 radical (unpaired) electrons. The second kappa shape index (κ2) is 6.78. The Bertz CT molecular complexity index is 277. The number of ether oxygens (including phenoxy) is 1. The number of amides is 1. The van der Waals surface area contributed by atoms with Crippen LogP contribution in [0.2, 0.25) is 0 Å². The molecule has 0 aromatic heterocycles. The van der Waals surface area contributed by atoms with Gasteiger partial charge in [0.15, 0.2) is 0 Å². The van der Waals surface area contributed by atoms with Crippen molar-refractivity contribution >= 4 is 17.8 Å². The maximum absolute atomic E-state index is 11.4. The molecule has 7 heteroatoms. The molecule has 16 heavy (non-hydrogen) atoms. The molecule has 0 fully saturated rings. The molecule has 1 unspecified atom stereocenters. The highest BCUT2D eigenvalue weighted by molar-refractivity contribution is 5.82. The number of carboxylic acid groups (broad SMARTS) is 2. The van der Waals surface area contributed by atoms with Gasteiger partial charge in [-0.1, -0.05) is 6.92 Å². The van der Waals surface area contributed by atoms with Crippen LogP contribution in [0.4, 0.5) is 0 Å². The Kier molecular flexibility index (Phi) is 6.09. The molecule has 0 aliphatic carbocycles. The fraction of sp³-hybridized carbons (Fsp3) is 0.667. The van der Waals surface area contributed by atoms with Crippen molar-refractivity contribution in [3.05, 3.63) is 0 Å². The Hall–Kier alpha value is -1.63. The van der Waals surface area contributed by atoms with Crippen LogP contribution >= 0.6 is 0 Å². The van der Waals surface area contributed by atoms with E-state index < -0.39 is 30.3 Å². The van der Waals surface area contributed by atoms with Crippen molar-refractivity contribution in [1.82, 2.24) is 4.90 Å². The Morgan fingerprint density at radius 3 is 2.25 bits per heavy atom. The van der Waals surface area contributed by atoms with E-state index in [1.54, 1.807) is 0 Å². The zero-order valence-electron chi connectivity index (χ0n) is 9.17. The number of rotatable bonds is 7. The molecule has 92 valence electrons. The smallest absolute Gasteiger partial charge is 0.323 e. The highest BCUT2D eigenvalue weighted by Gasteiger charge is 2.22. The predicted molar refractivity (Wildman–Crippen MR) is 52.9 cm³/mol. The number of hydrogen-bond acceptors (Lipinski definition) is 4. The molecule has 1 atom stereocenters. The van der Waals surface area contributed by atoms with Gasteiger partial charge in [0.25, 0.3) is 0 Å². The van der Waals surface area contributed by atoms with E-state index in [-0.39, 0.29) is 13.2 Å². The first-order chi connectivity index (χ1) is 7.38. The van der Waals surface area contributed by atoms with Crippen LogP contribution in [-0.2, 0) is 19.1 Å². The highest BCUT2D eigenvalue weighted by atomic mass is 16.5. The summed E-state index contributed by atoms with van der Waals surface area (Å²) in [5.41, 5.74) is 0. The quantitative estimate of drug-likeness (QED) is 0.600. The van der Waals surface area contributed by atoms with Crippen molar-refractivity contribution < 1.29 is 29.3 Å². The molecular formula is C9H15NO6. The minimum absolute atomic E-state index is 0.149. The first kappa shape index (κ1) is 14.4. The van der Waals surface area contributed by atoms with Gasteiger partial charge in [0.1, 0.15) is 13.2 Å². The highest BCUT2D eigenvalue weighted by Crippen LogP contribution is 2.01. The monoisotopic (exact) mass is 233 g/mol. The Morgan fingerprint density at radius 2 is 1.88 bits per heavy atom. The number of nitrogens with zero attached hydrogens (tertiary/aromatic N) is 1. The molecule has 1 amide bonds. The second-order valence-corrected chi connectivity index (χ2v) is 3.34. The molecule has 7 nitrogen and oxygen atoms in total. The lowest BCUT2D eigenvalue weighted by Crippen LogP contribution is -2.41. The summed E-state index contributed by atoms with van der Waals surface area (Å²) in [6.45, 7) is 0.459. The van der Waals surface area contributed by atoms with Crippen molar-refractivity contribution in [2.45, 2.75) is 6.92 Å². The molecule has 0 aliphatic rings. The Balaban J connectivity index is 4.47. The number of aliphatic carboxylic acids is 2. The number of hydrogen-bond donors (Lipinski definition) is 2. The van der Waals surface area contributed by atoms with Crippen molar-refractivity contribution in [3.8, 4) is 0 Å². The summed E-state index contributed by atoms with van der Waals surface area (Å²) in [4.78, 5) is 33.4. The summed E-state index contributed by atoms with van der Waals surface area (Å²) in [6.07, 6.45) is 0. The van der Waals surface area contributed by atoms with Crippen molar-refractivity contribution in [3.63, 3.8) is 0 Å². The zero-order chi connectivity index (χ0) is 12.7. The SMILES string of the molecule is COCC(=O)N(CC(=O)O)CC(C)C(=O)O. The van der Waals surface area contributed by atoms with E-state index in [0.717, 1.165) is 4.90 Å². The zero-order valence-corrected chi connectivity index (χ0v) is 9.17. The van der Waals surface area contributed by atoms with E-state index >= 15 is 0 Å². The number of methoxy groups -OCH3 is 1. The van der Waals surface area contributed by atoms with Crippen LogP contribution in [0.15, 0.2) is 0 Å². The van der Waals surface area contributed by atoms with Crippen molar-refractivity contribution in [1.29, 1.82) is 0 Å². The summed E-state index contributed by atoms with van der Waals surface area (Å²) in [6, 6.07) is 0. The number of carbonyl (C=O) groups excluding carboxylic acids is 1. The summed E-state index contributed by atoms with van der Waals surface area (Å²) < 4.78 is 4.58. The maximum Gasteiger partial charge on any atom is 0.323 e. The van der Waals surface area contributed by atoms with E-state index in [0.29, 0.717) is 0 Å². The van der Waals surface area contributed by atoms with Crippen LogP contribution in [0.5, 0.6) is 0 Å². The van der Waals surface area contributed by atoms with Gasteiger partial charge in [-0.05, 0) is 0 Å². The topological polar surface area (TPSA) is 104 Å². The molecule has 0 rings (SSSR count). The summed E-state index contributed by atoms with van der Waals surface area (Å²) >= 11 is 0. The fourth-order valence-corrected chi connectivity index (χ4v) is 1.04. The standard InChI is InChI=1S/C9H15NO6/c1-6(9(14)15)3-10(4-8(12)13)7(11)5-16-2/h6H,3-5H2,1-2H3,(H,12,13)(H,14,15). The minimum Gasteiger partial charge on any atom is -0.481 e. The first-order valence-corrected chi connectivity index (χ1v) is 4.59. The van der Waals surface area contributed by atoms with Gasteiger partial charge in [-0.25, -0.2) is 0 Å². The lowest BCUT2D eigenvalue weighted by atomic mass is 10.1. The van der Waals surface area contributed by atoms with Gasteiger partial charge in [0, 0.05) is 13.7 Å². The molecular weight excluding hydrogens is 218 g/mol. The van der Waals surface area contributed by atoms with Crippen LogP contribution in [-0.4, -0.2) is 59.8 Å². The Morgan fingerprint density at radius 1 is 1.31 bits per heavy atom. The third-order valence-electron chi connectivity index (χ3n) is 1.86. The molecule has 0 aromatic rings. The van der Waals surface area contributed by atoms with Gasteiger partial charge in [-0.3, -0.25) is 14.4 Å². The summed E-state index contributed by atoms with van der Waals surface area (Å²) in [5.74, 6) is -3.64. The maximum atomic E-state index is 11.4. The van der Waals surface area contributed by atoms with Crippen LogP contribution in [0.25, 0.3) is 0 Å². The van der Waals surface area contributed by atoms with Gasteiger partial charge < -0.3 is 19.8 Å². The Labute approximate surface area is 92.6 Å². The average Bonchev–Trinajstić information content (AvgIpc) is 2.16. The van der Waals surface area contributed by atoms with Crippen LogP contribution in [0, 0.1) is 5.92 Å². The lowest BCUT2D eigenvalue weighted by Gasteiger charge is -2.22. The van der Waals surface area contributed by atoms with Crippen molar-refractivity contribution in [2.24, 2.45) is 5.92 Å². The minimum atomic E-state index is -1.19. The lowest BCUT2D eigenvalue weighted by molar-refractivity contribution is -0.149. The second-order valence-electron chi connectivity index (χ2n) is 3.34. The third kappa shape index (κ3) is 5.30. The molecule has 0 aliphatic heterocycles. The van der Waals surface area contributed by atoms with Crippen molar-refractivity contribution in [2.75, 3.05) is 26.8 Å². The molecule has 0 spiro atoms. The van der Waals surface area contributed by atoms with E-state index in [2.05, 4.69) is 4.74 Å². The average molecular weight is 233 g/mol. The largest absolute Gasteiger partial charge is 0.481 e. The molecule has 2 N–H and O–H groups in total. The van der Waals surface area contributed by atoms with Gasteiger partial charge in [-0.2, -0.15) is 0 Å². The molecule has 0 heterocycles. The van der Waals surface area contributed by atoms with Crippen LogP contribution < -0.4 is 0 Å². The van der Waals surface area contributed by atoms with Gasteiger partial charge in [0.2, 0.25) is 5.91 Å². The van der Waals surface area contributed by atoms with Gasteiger partial charge in [0.05, 0.1) is 5.92 Å². The summed E-state index contributed by atoms with van der Waals surface area (Å²) in [7, 11) is 1.30. The van der Waals surface area contributed by atoms with Crippen LogP contribution in [0.3, 0.4) is 0 Å². The number of carbonyl (C=O) groups is 3. The van der Waals surface area contributed by atoms with Gasteiger partial charge >= 0.3 is 11.9 Å². The van der Waals surface area contributed by atoms with E-state index in [1.165, 1.54) is 14.0 Å². The molecule has 0 saturated carbocycles. The fourth-order valence-electron chi connectivity index (χ4n) is 1.04. The molecule has 0 bridgehead atoms.